The monoisotopic (exact) mass is 572 g/mol. The third-order valence-corrected chi connectivity index (χ3v) is 8.27. The molecule has 1 aliphatic heterocycles. The zero-order valence-corrected chi connectivity index (χ0v) is 22.8. The molecule has 0 aliphatic carbocycles. The van der Waals surface area contributed by atoms with Crippen LogP contribution < -0.4 is 20.9 Å². The van der Waals surface area contributed by atoms with Crippen LogP contribution in [0.2, 0.25) is 0 Å². The SMILES string of the molecule is COC(=O)[C@H](C)NP(=O)(OC[C@H]1OC(C)(n2cnc3c(=O)[nH]c(N)nc32)CC1O)Oc1cccc2ccccc12. The van der Waals surface area contributed by atoms with E-state index in [0.29, 0.717) is 5.39 Å². The molecule has 0 amide bonds. The maximum Gasteiger partial charge on any atom is 0.459 e. The van der Waals surface area contributed by atoms with Gasteiger partial charge in [0.25, 0.3) is 5.56 Å². The van der Waals surface area contributed by atoms with Crippen molar-refractivity contribution < 1.29 is 33.0 Å². The van der Waals surface area contributed by atoms with Gasteiger partial charge in [-0.1, -0.05) is 36.4 Å². The van der Waals surface area contributed by atoms with Crippen LogP contribution in [0.3, 0.4) is 0 Å². The highest BCUT2D eigenvalue weighted by atomic mass is 31.2. The maximum atomic E-state index is 14.0. The largest absolute Gasteiger partial charge is 0.468 e. The molecule has 1 aliphatic rings. The number of carbonyl (C=O) groups excluding carboxylic acids is 1. The number of H-pyrrole nitrogens is 1. The van der Waals surface area contributed by atoms with Crippen molar-refractivity contribution in [2.75, 3.05) is 19.5 Å². The number of nitrogens with zero attached hydrogens (tertiary/aromatic N) is 3. The predicted molar refractivity (Wildman–Crippen MR) is 144 cm³/mol. The van der Waals surface area contributed by atoms with Crippen LogP contribution in [0.4, 0.5) is 5.95 Å². The first-order valence-corrected chi connectivity index (χ1v) is 13.9. The summed E-state index contributed by atoms with van der Waals surface area (Å²) < 4.78 is 38.0. The highest BCUT2D eigenvalue weighted by Gasteiger charge is 2.46. The lowest BCUT2D eigenvalue weighted by atomic mass is 10.1. The van der Waals surface area contributed by atoms with Gasteiger partial charge in [-0.3, -0.25) is 23.7 Å². The Balaban J connectivity index is 1.39. The number of hydrogen-bond acceptors (Lipinski definition) is 11. The van der Waals surface area contributed by atoms with E-state index in [0.717, 1.165) is 5.39 Å². The van der Waals surface area contributed by atoms with Crippen LogP contribution in [0.25, 0.3) is 21.9 Å². The molecule has 0 bridgehead atoms. The van der Waals surface area contributed by atoms with Crippen molar-refractivity contribution in [3.63, 3.8) is 0 Å². The number of benzene rings is 2. The Morgan fingerprint density at radius 2 is 2.10 bits per heavy atom. The molecular weight excluding hydrogens is 543 g/mol. The summed E-state index contributed by atoms with van der Waals surface area (Å²) in [6.45, 7) is 2.76. The number of methoxy groups -OCH3 is 1. The fourth-order valence-corrected chi connectivity index (χ4v) is 6.20. The van der Waals surface area contributed by atoms with Gasteiger partial charge in [0.2, 0.25) is 5.95 Å². The number of aliphatic hydroxyl groups is 1. The van der Waals surface area contributed by atoms with Crippen LogP contribution in [-0.2, 0) is 29.1 Å². The standard InChI is InChI=1S/C25H29N6O8P/c1-14(23(34)36-3)30-40(35,39-18-10-6-8-15-7-4-5-9-16(15)18)37-12-19-17(32)11-25(2,38-19)31-13-27-20-21(31)28-24(26)29-22(20)33/h4-10,13-14,17,19,32H,11-12H2,1-3H3,(H,30,35)(H3,26,28,29,33)/t14-,17?,19+,25?,40?/m0/s1. The molecule has 212 valence electrons. The highest BCUT2D eigenvalue weighted by Crippen LogP contribution is 2.48. The second kappa shape index (κ2) is 10.6. The van der Waals surface area contributed by atoms with E-state index >= 15 is 0 Å². The highest BCUT2D eigenvalue weighted by molar-refractivity contribution is 7.52. The van der Waals surface area contributed by atoms with Gasteiger partial charge in [0.1, 0.15) is 23.6 Å². The quantitative estimate of drug-likeness (QED) is 0.169. The minimum Gasteiger partial charge on any atom is -0.468 e. The molecule has 5 N–H and O–H groups in total. The van der Waals surface area contributed by atoms with Crippen LogP contribution in [0, 0.1) is 0 Å². The van der Waals surface area contributed by atoms with E-state index in [1.807, 2.05) is 24.3 Å². The van der Waals surface area contributed by atoms with Gasteiger partial charge < -0.3 is 24.8 Å². The molecule has 5 atom stereocenters. The minimum atomic E-state index is -4.24. The Morgan fingerprint density at radius 1 is 1.35 bits per heavy atom. The molecule has 3 unspecified atom stereocenters. The van der Waals surface area contributed by atoms with Crippen LogP contribution in [0.15, 0.2) is 53.6 Å². The van der Waals surface area contributed by atoms with Gasteiger partial charge in [0.05, 0.1) is 26.1 Å². The topological polar surface area (TPSA) is 193 Å². The van der Waals surface area contributed by atoms with Gasteiger partial charge in [-0.2, -0.15) is 10.1 Å². The van der Waals surface area contributed by atoms with Crippen molar-refractivity contribution in [3.8, 4) is 5.75 Å². The van der Waals surface area contributed by atoms with Crippen molar-refractivity contribution in [1.82, 2.24) is 24.6 Å². The third kappa shape index (κ3) is 5.31. The summed E-state index contributed by atoms with van der Waals surface area (Å²) in [6, 6.07) is 11.5. The number of hydrogen-bond donors (Lipinski definition) is 4. The number of aromatic nitrogens is 4. The number of nitrogens with one attached hydrogen (secondary N) is 2. The average molecular weight is 573 g/mol. The molecule has 5 rings (SSSR count). The van der Waals surface area contributed by atoms with Gasteiger partial charge in [0.15, 0.2) is 11.2 Å². The number of nitrogen functional groups attached to an aromatic ring is 1. The first-order chi connectivity index (χ1) is 19.0. The molecule has 1 saturated heterocycles. The maximum absolute atomic E-state index is 14.0. The summed E-state index contributed by atoms with van der Waals surface area (Å²) in [5.41, 5.74) is 4.24. The molecule has 0 saturated carbocycles. The summed E-state index contributed by atoms with van der Waals surface area (Å²) in [5, 5.41) is 15.0. The Bertz CT molecular complexity index is 1670. The molecule has 1 fully saturated rings. The number of ether oxygens (including phenoxy) is 2. The summed E-state index contributed by atoms with van der Waals surface area (Å²) in [6.07, 6.45) is -0.593. The fraction of sp³-hybridized carbons (Fsp3) is 0.360. The smallest absolute Gasteiger partial charge is 0.459 e. The first-order valence-electron chi connectivity index (χ1n) is 12.4. The summed E-state index contributed by atoms with van der Waals surface area (Å²) in [4.78, 5) is 35.0. The summed E-state index contributed by atoms with van der Waals surface area (Å²) >= 11 is 0. The molecule has 0 spiro atoms. The average Bonchev–Trinajstić information content (AvgIpc) is 3.48. The number of aliphatic hydroxyl groups excluding tert-OH is 1. The van der Waals surface area contributed by atoms with E-state index < -0.39 is 43.2 Å². The molecule has 14 nitrogen and oxygen atoms in total. The van der Waals surface area contributed by atoms with Gasteiger partial charge in [0, 0.05) is 11.8 Å². The number of imidazole rings is 1. The van der Waals surface area contributed by atoms with Crippen molar-refractivity contribution in [2.24, 2.45) is 0 Å². The van der Waals surface area contributed by atoms with E-state index in [1.165, 1.54) is 24.9 Å². The lowest BCUT2D eigenvalue weighted by Gasteiger charge is -2.27. The zero-order chi connectivity index (χ0) is 28.7. The predicted octanol–water partition coefficient (Wildman–Crippen LogP) is 2.03. The van der Waals surface area contributed by atoms with Crippen LogP contribution in [0.5, 0.6) is 5.75 Å². The number of aromatic amines is 1. The molecule has 40 heavy (non-hydrogen) atoms. The number of rotatable bonds is 9. The number of anilines is 1. The number of carbonyl (C=O) groups is 1. The Morgan fingerprint density at radius 3 is 2.88 bits per heavy atom. The lowest BCUT2D eigenvalue weighted by molar-refractivity contribution is -0.142. The summed E-state index contributed by atoms with van der Waals surface area (Å²) in [5.74, 6) is -0.509. The van der Waals surface area contributed by atoms with Crippen molar-refractivity contribution >= 4 is 41.6 Å². The van der Waals surface area contributed by atoms with E-state index in [9.17, 15) is 19.3 Å². The lowest BCUT2D eigenvalue weighted by Crippen LogP contribution is -2.36. The van der Waals surface area contributed by atoms with Gasteiger partial charge in [-0.05, 0) is 25.3 Å². The third-order valence-electron chi connectivity index (χ3n) is 6.64. The van der Waals surface area contributed by atoms with Gasteiger partial charge in [-0.25, -0.2) is 9.55 Å². The summed E-state index contributed by atoms with van der Waals surface area (Å²) in [7, 11) is -3.03. The number of esters is 1. The van der Waals surface area contributed by atoms with Crippen LogP contribution in [-0.4, -0.2) is 62.6 Å². The Labute approximate surface area is 228 Å². The van der Waals surface area contributed by atoms with E-state index in [-0.39, 0.29) is 35.9 Å². The normalized spacial score (nSPS) is 23.2. The second-order valence-electron chi connectivity index (χ2n) is 9.58. The Kier molecular flexibility index (Phi) is 7.38. The molecule has 4 aromatic rings. The molecular formula is C25H29N6O8P. The molecule has 15 heteroatoms. The van der Waals surface area contributed by atoms with E-state index in [1.54, 1.807) is 25.1 Å². The number of nitrogens with two attached hydrogens (primary N) is 1. The molecule has 2 aromatic heterocycles. The molecule has 3 heterocycles. The minimum absolute atomic E-state index is 0.0576. The molecule has 0 radical (unpaired) electrons. The fourth-order valence-electron chi connectivity index (χ4n) is 4.68. The number of fused-ring (bicyclic) bond motifs is 2. The van der Waals surface area contributed by atoms with Crippen LogP contribution in [0.1, 0.15) is 20.3 Å². The van der Waals surface area contributed by atoms with Gasteiger partial charge in [-0.15, -0.1) is 0 Å². The van der Waals surface area contributed by atoms with E-state index in [4.69, 9.17) is 24.3 Å². The second-order valence-corrected chi connectivity index (χ2v) is 11.3. The first kappa shape index (κ1) is 27.7. The van der Waals surface area contributed by atoms with Crippen molar-refractivity contribution in [3.05, 3.63) is 59.1 Å². The van der Waals surface area contributed by atoms with E-state index in [2.05, 4.69) is 20.0 Å². The Hall–Kier alpha value is -3.81. The van der Waals surface area contributed by atoms with Crippen molar-refractivity contribution in [2.45, 2.75) is 44.2 Å². The van der Waals surface area contributed by atoms with Crippen molar-refractivity contribution in [1.29, 1.82) is 0 Å². The van der Waals surface area contributed by atoms with Gasteiger partial charge >= 0.3 is 13.7 Å². The van der Waals surface area contributed by atoms with Crippen LogP contribution >= 0.6 is 7.75 Å². The zero-order valence-electron chi connectivity index (χ0n) is 21.9. The molecule has 2 aromatic carbocycles.